The molecule has 8 heteroatoms. The van der Waals surface area contributed by atoms with Gasteiger partial charge in [-0.2, -0.15) is 4.68 Å². The van der Waals surface area contributed by atoms with Crippen LogP contribution in [-0.2, 0) is 22.6 Å². The van der Waals surface area contributed by atoms with Crippen molar-refractivity contribution in [2.24, 2.45) is 0 Å². The zero-order chi connectivity index (χ0) is 17.6. The monoisotopic (exact) mass is 342 g/mol. The van der Waals surface area contributed by atoms with Crippen LogP contribution in [0.25, 0.3) is 5.69 Å². The molecule has 2 aromatic carbocycles. The number of ether oxygens (including phenoxy) is 2. The summed E-state index contributed by atoms with van der Waals surface area (Å²) in [7, 11) is 1.38. The molecule has 0 N–H and O–H groups in total. The molecule has 0 fully saturated rings. The van der Waals surface area contributed by atoms with Gasteiger partial charge in [-0.3, -0.25) is 4.79 Å². The number of benzene rings is 2. The number of rotatable bonds is 6. The fraction of sp³-hybridized carbons (Fsp3) is 0.176. The molecule has 0 radical (unpaired) electrons. The predicted octanol–water partition coefficient (Wildman–Crippen LogP) is 2.10. The Morgan fingerprint density at radius 2 is 2.00 bits per heavy atom. The van der Waals surface area contributed by atoms with E-state index in [9.17, 15) is 9.18 Å². The lowest BCUT2D eigenvalue weighted by Gasteiger charge is -2.07. The van der Waals surface area contributed by atoms with Crippen molar-refractivity contribution in [3.05, 3.63) is 65.7 Å². The highest BCUT2D eigenvalue weighted by Gasteiger charge is 2.13. The lowest BCUT2D eigenvalue weighted by atomic mass is 10.1. The van der Waals surface area contributed by atoms with Crippen molar-refractivity contribution in [1.29, 1.82) is 0 Å². The molecular formula is C17H15FN4O3. The van der Waals surface area contributed by atoms with Gasteiger partial charge in [0.1, 0.15) is 0 Å². The van der Waals surface area contributed by atoms with Gasteiger partial charge in [-0.15, -0.1) is 5.10 Å². The fourth-order valence-corrected chi connectivity index (χ4v) is 2.25. The second-order valence-corrected chi connectivity index (χ2v) is 5.15. The van der Waals surface area contributed by atoms with Gasteiger partial charge in [-0.05, 0) is 40.3 Å². The third-order valence-electron chi connectivity index (χ3n) is 3.46. The van der Waals surface area contributed by atoms with Gasteiger partial charge < -0.3 is 9.47 Å². The number of methoxy groups -OCH3 is 1. The van der Waals surface area contributed by atoms with E-state index in [1.165, 1.54) is 23.9 Å². The summed E-state index contributed by atoms with van der Waals surface area (Å²) in [5, 5.41) is 11.3. The Morgan fingerprint density at radius 1 is 1.20 bits per heavy atom. The third kappa shape index (κ3) is 3.97. The van der Waals surface area contributed by atoms with E-state index in [-0.39, 0.29) is 18.8 Å². The number of halogens is 1. The molecule has 0 aliphatic heterocycles. The Kier molecular flexibility index (Phi) is 4.98. The van der Waals surface area contributed by atoms with E-state index in [1.54, 1.807) is 6.07 Å². The SMILES string of the molecule is COc1ccc(CC(=O)OCc2nnnn2-c2ccccc2)cc1F. The maximum Gasteiger partial charge on any atom is 0.310 e. The first-order valence-electron chi connectivity index (χ1n) is 7.48. The van der Waals surface area contributed by atoms with Gasteiger partial charge in [0.15, 0.2) is 24.0 Å². The molecule has 0 spiro atoms. The van der Waals surface area contributed by atoms with E-state index in [2.05, 4.69) is 15.5 Å². The van der Waals surface area contributed by atoms with Crippen LogP contribution < -0.4 is 4.74 Å². The zero-order valence-corrected chi connectivity index (χ0v) is 13.4. The molecule has 0 amide bonds. The molecule has 0 aliphatic rings. The maximum atomic E-state index is 13.6. The minimum absolute atomic E-state index is 0.0617. The summed E-state index contributed by atoms with van der Waals surface area (Å²) in [5.41, 5.74) is 1.25. The van der Waals surface area contributed by atoms with Crippen molar-refractivity contribution in [3.8, 4) is 11.4 Å². The van der Waals surface area contributed by atoms with Crippen molar-refractivity contribution < 1.29 is 18.7 Å². The smallest absolute Gasteiger partial charge is 0.310 e. The molecular weight excluding hydrogens is 327 g/mol. The van der Waals surface area contributed by atoms with Crippen molar-refractivity contribution in [3.63, 3.8) is 0 Å². The van der Waals surface area contributed by atoms with Gasteiger partial charge in [0, 0.05) is 0 Å². The number of carbonyl (C=O) groups excluding carboxylic acids is 1. The van der Waals surface area contributed by atoms with Crippen LogP contribution in [-0.4, -0.2) is 33.3 Å². The molecule has 7 nitrogen and oxygen atoms in total. The van der Waals surface area contributed by atoms with Crippen LogP contribution in [0, 0.1) is 5.82 Å². The molecule has 128 valence electrons. The van der Waals surface area contributed by atoms with Gasteiger partial charge in [0.25, 0.3) is 0 Å². The summed E-state index contributed by atoms with van der Waals surface area (Å²) in [6.45, 7) is -0.0840. The largest absolute Gasteiger partial charge is 0.494 e. The molecule has 3 rings (SSSR count). The number of hydrogen-bond donors (Lipinski definition) is 0. The van der Waals surface area contributed by atoms with Gasteiger partial charge in [-0.25, -0.2) is 4.39 Å². The highest BCUT2D eigenvalue weighted by Crippen LogP contribution is 2.18. The standard InChI is InChI=1S/C17H15FN4O3/c1-24-15-8-7-12(9-14(15)18)10-17(23)25-11-16-19-20-21-22(16)13-5-3-2-4-6-13/h2-9H,10-11H2,1H3. The molecule has 0 saturated carbocycles. The Hall–Kier alpha value is -3.29. The molecule has 0 saturated heterocycles. The van der Waals surface area contributed by atoms with Crippen molar-refractivity contribution in [2.45, 2.75) is 13.0 Å². The minimum Gasteiger partial charge on any atom is -0.494 e. The highest BCUT2D eigenvalue weighted by molar-refractivity contribution is 5.72. The summed E-state index contributed by atoms with van der Waals surface area (Å²) < 4.78 is 25.2. The quantitative estimate of drug-likeness (QED) is 0.638. The fourth-order valence-electron chi connectivity index (χ4n) is 2.25. The second-order valence-electron chi connectivity index (χ2n) is 5.15. The molecule has 3 aromatic rings. The number of hydrogen-bond acceptors (Lipinski definition) is 6. The molecule has 1 heterocycles. The number of carbonyl (C=O) groups is 1. The van der Waals surface area contributed by atoms with E-state index in [4.69, 9.17) is 9.47 Å². The molecule has 0 unspecified atom stereocenters. The van der Waals surface area contributed by atoms with Crippen LogP contribution in [0.3, 0.4) is 0 Å². The minimum atomic E-state index is -0.527. The van der Waals surface area contributed by atoms with E-state index < -0.39 is 11.8 Å². The van der Waals surface area contributed by atoms with Crippen LogP contribution in [0.4, 0.5) is 4.39 Å². The molecule has 0 bridgehead atoms. The van der Waals surface area contributed by atoms with Crippen LogP contribution in [0.2, 0.25) is 0 Å². The van der Waals surface area contributed by atoms with E-state index in [1.807, 2.05) is 30.3 Å². The molecule has 0 atom stereocenters. The van der Waals surface area contributed by atoms with Crippen molar-refractivity contribution >= 4 is 5.97 Å². The first kappa shape index (κ1) is 16.6. The Balaban J connectivity index is 1.62. The summed E-state index contributed by atoms with van der Waals surface area (Å²) in [6.07, 6.45) is -0.0617. The van der Waals surface area contributed by atoms with E-state index in [0.29, 0.717) is 11.4 Å². The van der Waals surface area contributed by atoms with Gasteiger partial charge in [-0.1, -0.05) is 24.3 Å². The lowest BCUT2D eigenvalue weighted by Crippen LogP contribution is -2.11. The summed E-state index contributed by atoms with van der Waals surface area (Å²) in [4.78, 5) is 12.0. The van der Waals surface area contributed by atoms with Crippen molar-refractivity contribution in [1.82, 2.24) is 20.2 Å². The van der Waals surface area contributed by atoms with Crippen LogP contribution in [0.15, 0.2) is 48.5 Å². The summed E-state index contributed by atoms with van der Waals surface area (Å²) in [6, 6.07) is 13.6. The number of aromatic nitrogens is 4. The van der Waals surface area contributed by atoms with Crippen molar-refractivity contribution in [2.75, 3.05) is 7.11 Å². The summed E-state index contributed by atoms with van der Waals surface area (Å²) in [5.74, 6) is -0.521. The van der Waals surface area contributed by atoms with Crippen LogP contribution >= 0.6 is 0 Å². The number of esters is 1. The van der Waals surface area contributed by atoms with E-state index in [0.717, 1.165) is 5.69 Å². The van der Waals surface area contributed by atoms with Crippen LogP contribution in [0.1, 0.15) is 11.4 Å². The Bertz CT molecular complexity index is 867. The normalized spacial score (nSPS) is 10.5. The number of nitrogens with zero attached hydrogens (tertiary/aromatic N) is 4. The average Bonchev–Trinajstić information content (AvgIpc) is 3.09. The Morgan fingerprint density at radius 3 is 2.72 bits per heavy atom. The van der Waals surface area contributed by atoms with Gasteiger partial charge in [0.2, 0.25) is 0 Å². The number of tetrazole rings is 1. The van der Waals surface area contributed by atoms with Crippen LogP contribution in [0.5, 0.6) is 5.75 Å². The molecule has 25 heavy (non-hydrogen) atoms. The summed E-state index contributed by atoms with van der Waals surface area (Å²) >= 11 is 0. The second kappa shape index (κ2) is 7.52. The average molecular weight is 342 g/mol. The van der Waals surface area contributed by atoms with Gasteiger partial charge >= 0.3 is 5.97 Å². The molecule has 1 aromatic heterocycles. The maximum absolute atomic E-state index is 13.6. The van der Waals surface area contributed by atoms with E-state index >= 15 is 0 Å². The first-order chi connectivity index (χ1) is 12.2. The topological polar surface area (TPSA) is 79.1 Å². The highest BCUT2D eigenvalue weighted by atomic mass is 19.1. The lowest BCUT2D eigenvalue weighted by molar-refractivity contribution is -0.144. The predicted molar refractivity (Wildman–Crippen MR) is 85.6 cm³/mol. The molecule has 0 aliphatic carbocycles. The number of para-hydroxylation sites is 1. The Labute approximate surface area is 143 Å². The van der Waals surface area contributed by atoms with Gasteiger partial charge in [0.05, 0.1) is 19.2 Å². The zero-order valence-electron chi connectivity index (χ0n) is 13.4. The first-order valence-corrected chi connectivity index (χ1v) is 7.48. The third-order valence-corrected chi connectivity index (χ3v) is 3.46.